The Morgan fingerprint density at radius 2 is 1.93 bits per heavy atom. The zero-order valence-corrected chi connectivity index (χ0v) is 8.11. The summed E-state index contributed by atoms with van der Waals surface area (Å²) in [6.45, 7) is 1.51. The van der Waals surface area contributed by atoms with Crippen LogP contribution in [0.15, 0.2) is 0 Å². The van der Waals surface area contributed by atoms with Gasteiger partial charge in [-0.1, -0.05) is 0 Å². The second-order valence-electron chi connectivity index (χ2n) is 4.16. The van der Waals surface area contributed by atoms with E-state index in [1.807, 2.05) is 0 Å². The predicted octanol–water partition coefficient (Wildman–Crippen LogP) is 0.514. The summed E-state index contributed by atoms with van der Waals surface area (Å²) < 4.78 is 0. The number of aliphatic carboxylic acids is 1. The molecule has 1 aliphatic heterocycles. The number of piperidine rings is 1. The molecule has 1 N–H and O–H groups in total. The maximum Gasteiger partial charge on any atom is 0.308 e. The van der Waals surface area contributed by atoms with Crippen LogP contribution in [0.3, 0.4) is 0 Å². The number of likely N-dealkylation sites (tertiary alicyclic amines) is 1. The van der Waals surface area contributed by atoms with Crippen molar-refractivity contribution < 1.29 is 14.7 Å². The van der Waals surface area contributed by atoms with Crippen LogP contribution < -0.4 is 0 Å². The van der Waals surface area contributed by atoms with Crippen molar-refractivity contribution in [1.29, 1.82) is 0 Å². The van der Waals surface area contributed by atoms with Crippen LogP contribution in [0, 0.1) is 5.92 Å². The van der Waals surface area contributed by atoms with Gasteiger partial charge < -0.3 is 5.11 Å². The molecule has 1 aliphatic carbocycles. The Hall–Kier alpha value is -0.900. The average molecular weight is 197 g/mol. The van der Waals surface area contributed by atoms with Gasteiger partial charge in [-0.2, -0.15) is 0 Å². The van der Waals surface area contributed by atoms with E-state index in [-0.39, 0.29) is 12.0 Å². The SMILES string of the molecule is O=C1CCN(C2CCC2C(=O)O)CC1. The Morgan fingerprint density at radius 1 is 1.29 bits per heavy atom. The molecule has 0 bridgehead atoms. The fourth-order valence-electron chi connectivity index (χ4n) is 2.31. The van der Waals surface area contributed by atoms with Gasteiger partial charge in [-0.3, -0.25) is 14.5 Å². The quantitative estimate of drug-likeness (QED) is 0.701. The molecule has 2 aliphatic rings. The van der Waals surface area contributed by atoms with Crippen molar-refractivity contribution in [2.45, 2.75) is 31.7 Å². The van der Waals surface area contributed by atoms with E-state index >= 15 is 0 Å². The summed E-state index contributed by atoms with van der Waals surface area (Å²) in [4.78, 5) is 24.0. The van der Waals surface area contributed by atoms with Gasteiger partial charge in [0, 0.05) is 32.0 Å². The van der Waals surface area contributed by atoms with Crippen molar-refractivity contribution in [3.63, 3.8) is 0 Å². The van der Waals surface area contributed by atoms with Crippen LogP contribution >= 0.6 is 0 Å². The smallest absolute Gasteiger partial charge is 0.308 e. The van der Waals surface area contributed by atoms with Crippen LogP contribution in [0.25, 0.3) is 0 Å². The van der Waals surface area contributed by atoms with Crippen molar-refractivity contribution in [1.82, 2.24) is 4.90 Å². The van der Waals surface area contributed by atoms with E-state index in [9.17, 15) is 9.59 Å². The number of carbonyl (C=O) groups excluding carboxylic acids is 1. The summed E-state index contributed by atoms with van der Waals surface area (Å²) in [5.74, 6) is -0.561. The minimum Gasteiger partial charge on any atom is -0.481 e. The number of Topliss-reactive ketones (excluding diaryl/α,β-unsaturated/α-hetero) is 1. The molecule has 0 spiro atoms. The zero-order valence-electron chi connectivity index (χ0n) is 8.11. The van der Waals surface area contributed by atoms with E-state index in [0.29, 0.717) is 18.6 Å². The van der Waals surface area contributed by atoms with Crippen LogP contribution in [0.1, 0.15) is 25.7 Å². The predicted molar refractivity (Wildman–Crippen MR) is 50.0 cm³/mol. The Bertz CT molecular complexity index is 254. The maximum absolute atomic E-state index is 11.0. The van der Waals surface area contributed by atoms with Crippen molar-refractivity contribution in [2.75, 3.05) is 13.1 Å². The largest absolute Gasteiger partial charge is 0.481 e. The van der Waals surface area contributed by atoms with Gasteiger partial charge in [-0.05, 0) is 12.8 Å². The lowest BCUT2D eigenvalue weighted by Crippen LogP contribution is -2.52. The average Bonchev–Trinajstić information content (AvgIpc) is 2.05. The Balaban J connectivity index is 1.90. The van der Waals surface area contributed by atoms with Crippen LogP contribution in [-0.4, -0.2) is 40.9 Å². The number of nitrogens with zero attached hydrogens (tertiary/aromatic N) is 1. The highest BCUT2D eigenvalue weighted by atomic mass is 16.4. The molecule has 78 valence electrons. The fourth-order valence-corrected chi connectivity index (χ4v) is 2.31. The van der Waals surface area contributed by atoms with Gasteiger partial charge in [-0.25, -0.2) is 0 Å². The number of hydrogen-bond donors (Lipinski definition) is 1. The van der Waals surface area contributed by atoms with Crippen molar-refractivity contribution >= 4 is 11.8 Å². The lowest BCUT2D eigenvalue weighted by Gasteiger charge is -2.43. The lowest BCUT2D eigenvalue weighted by atomic mass is 9.78. The number of rotatable bonds is 2. The van der Waals surface area contributed by atoms with E-state index in [1.54, 1.807) is 0 Å². The normalized spacial score (nSPS) is 33.9. The van der Waals surface area contributed by atoms with Gasteiger partial charge in [-0.15, -0.1) is 0 Å². The van der Waals surface area contributed by atoms with Gasteiger partial charge in [0.2, 0.25) is 0 Å². The summed E-state index contributed by atoms with van der Waals surface area (Å²) in [5, 5.41) is 8.89. The zero-order chi connectivity index (χ0) is 10.1. The van der Waals surface area contributed by atoms with Gasteiger partial charge >= 0.3 is 5.97 Å². The summed E-state index contributed by atoms with van der Waals surface area (Å²) in [6, 6.07) is 0.195. The summed E-state index contributed by atoms with van der Waals surface area (Å²) >= 11 is 0. The molecule has 0 radical (unpaired) electrons. The highest BCUT2D eigenvalue weighted by molar-refractivity contribution is 5.79. The molecule has 4 heteroatoms. The molecule has 2 rings (SSSR count). The lowest BCUT2D eigenvalue weighted by molar-refractivity contribution is -0.149. The number of carbonyl (C=O) groups is 2. The molecular weight excluding hydrogens is 182 g/mol. The topological polar surface area (TPSA) is 57.6 Å². The van der Waals surface area contributed by atoms with Gasteiger partial charge in [0.1, 0.15) is 5.78 Å². The molecule has 1 saturated carbocycles. The molecule has 1 heterocycles. The van der Waals surface area contributed by atoms with Crippen molar-refractivity contribution in [3.8, 4) is 0 Å². The van der Waals surface area contributed by atoms with Crippen LogP contribution in [0.2, 0.25) is 0 Å². The molecular formula is C10H15NO3. The Labute approximate surface area is 82.9 Å². The molecule has 4 nitrogen and oxygen atoms in total. The summed E-state index contributed by atoms with van der Waals surface area (Å²) in [5.41, 5.74) is 0. The second-order valence-corrected chi connectivity index (χ2v) is 4.16. The first-order valence-corrected chi connectivity index (χ1v) is 5.17. The van der Waals surface area contributed by atoms with Crippen molar-refractivity contribution in [3.05, 3.63) is 0 Å². The number of carboxylic acids is 1. The third kappa shape index (κ3) is 1.66. The fraction of sp³-hybridized carbons (Fsp3) is 0.800. The summed E-state index contributed by atoms with van der Waals surface area (Å²) in [6.07, 6.45) is 2.97. The van der Waals surface area contributed by atoms with E-state index in [0.717, 1.165) is 25.9 Å². The van der Waals surface area contributed by atoms with Crippen LogP contribution in [0.5, 0.6) is 0 Å². The van der Waals surface area contributed by atoms with Gasteiger partial charge in [0.15, 0.2) is 0 Å². The van der Waals surface area contributed by atoms with Crippen LogP contribution in [0.4, 0.5) is 0 Å². The number of carboxylic acid groups (broad SMARTS) is 1. The van der Waals surface area contributed by atoms with E-state index in [2.05, 4.69) is 4.90 Å². The van der Waals surface area contributed by atoms with E-state index < -0.39 is 5.97 Å². The molecule has 2 fully saturated rings. The first-order chi connectivity index (χ1) is 6.68. The Kier molecular flexibility index (Phi) is 2.54. The van der Waals surface area contributed by atoms with E-state index in [1.165, 1.54) is 0 Å². The van der Waals surface area contributed by atoms with Gasteiger partial charge in [0.05, 0.1) is 5.92 Å². The minimum absolute atomic E-state index is 0.191. The van der Waals surface area contributed by atoms with E-state index in [4.69, 9.17) is 5.11 Å². The Morgan fingerprint density at radius 3 is 2.36 bits per heavy atom. The maximum atomic E-state index is 11.0. The van der Waals surface area contributed by atoms with Gasteiger partial charge in [0.25, 0.3) is 0 Å². The third-order valence-corrected chi connectivity index (χ3v) is 3.38. The molecule has 0 aromatic carbocycles. The van der Waals surface area contributed by atoms with Crippen molar-refractivity contribution in [2.24, 2.45) is 5.92 Å². The molecule has 2 atom stereocenters. The molecule has 0 aromatic heterocycles. The number of ketones is 1. The summed E-state index contributed by atoms with van der Waals surface area (Å²) in [7, 11) is 0. The molecule has 0 aromatic rings. The monoisotopic (exact) mass is 197 g/mol. The molecule has 1 saturated heterocycles. The van der Waals surface area contributed by atoms with Crippen LogP contribution in [-0.2, 0) is 9.59 Å². The highest BCUT2D eigenvalue weighted by Gasteiger charge is 2.40. The first kappa shape index (κ1) is 9.65. The standard InChI is InChI=1S/C10H15NO3/c12-7-3-5-11(6-4-7)9-2-1-8(9)10(13)14/h8-9H,1-6H2,(H,13,14). The molecule has 2 unspecified atom stereocenters. The minimum atomic E-state index is -0.682. The third-order valence-electron chi connectivity index (χ3n) is 3.38. The molecule has 14 heavy (non-hydrogen) atoms. The number of hydrogen-bond acceptors (Lipinski definition) is 3. The molecule has 0 amide bonds. The first-order valence-electron chi connectivity index (χ1n) is 5.17. The highest BCUT2D eigenvalue weighted by Crippen LogP contribution is 2.33. The second kappa shape index (κ2) is 3.69.